The van der Waals surface area contributed by atoms with Gasteiger partial charge in [0, 0.05) is 0 Å². The number of benzene rings is 3. The molecule has 3 aromatic carbocycles. The van der Waals surface area contributed by atoms with E-state index in [-0.39, 0.29) is 0 Å². The standard InChI is InChI=1S/C28H28N2O5/c1-28(18-17-19-13-15-22(35-2)16-14-19)24(25(31)32)30(26(28)33)27(34)29-23(20-9-5-3-6-10-20)21-11-7-4-8-12-21/h3-16,23-24H,17-18H2,1-2H3,(H,29,34)(H,31,32)/t24?,28-/m1/s1. The van der Waals surface area contributed by atoms with Crippen LogP contribution in [0, 0.1) is 5.41 Å². The number of β-lactam (4-membered cyclic amide) rings is 1. The highest BCUT2D eigenvalue weighted by molar-refractivity contribution is 6.09. The van der Waals surface area contributed by atoms with E-state index in [0.29, 0.717) is 12.8 Å². The van der Waals surface area contributed by atoms with Gasteiger partial charge in [-0.1, -0.05) is 72.8 Å². The van der Waals surface area contributed by atoms with Crippen molar-refractivity contribution in [3.05, 3.63) is 102 Å². The van der Waals surface area contributed by atoms with Crippen molar-refractivity contribution in [2.75, 3.05) is 7.11 Å². The Hall–Kier alpha value is -4.13. The molecule has 3 amide bonds. The van der Waals surface area contributed by atoms with Gasteiger partial charge >= 0.3 is 12.0 Å². The van der Waals surface area contributed by atoms with Crippen LogP contribution in [0.5, 0.6) is 5.75 Å². The van der Waals surface area contributed by atoms with Crippen LogP contribution in [0.25, 0.3) is 0 Å². The predicted octanol–water partition coefficient (Wildman–Crippen LogP) is 4.43. The van der Waals surface area contributed by atoms with Gasteiger partial charge in [-0.05, 0) is 48.6 Å². The summed E-state index contributed by atoms with van der Waals surface area (Å²) in [6, 6.07) is 23.6. The number of urea groups is 1. The van der Waals surface area contributed by atoms with Crippen LogP contribution in [0.3, 0.4) is 0 Å². The van der Waals surface area contributed by atoms with E-state index in [1.54, 1.807) is 14.0 Å². The van der Waals surface area contributed by atoms with E-state index in [9.17, 15) is 19.5 Å². The van der Waals surface area contributed by atoms with Gasteiger partial charge in [-0.25, -0.2) is 14.5 Å². The topological polar surface area (TPSA) is 95.9 Å². The van der Waals surface area contributed by atoms with Crippen molar-refractivity contribution in [1.82, 2.24) is 10.2 Å². The Kier molecular flexibility index (Phi) is 6.87. The van der Waals surface area contributed by atoms with Crippen molar-refractivity contribution in [1.29, 1.82) is 0 Å². The fourth-order valence-corrected chi connectivity index (χ4v) is 4.60. The molecule has 35 heavy (non-hydrogen) atoms. The maximum atomic E-state index is 13.3. The number of carboxylic acids is 1. The number of nitrogens with zero attached hydrogens (tertiary/aromatic N) is 1. The molecule has 0 aliphatic carbocycles. The lowest BCUT2D eigenvalue weighted by Crippen LogP contribution is -2.73. The van der Waals surface area contributed by atoms with E-state index in [1.807, 2.05) is 84.9 Å². The van der Waals surface area contributed by atoms with E-state index in [4.69, 9.17) is 4.74 Å². The Balaban J connectivity index is 1.52. The quantitative estimate of drug-likeness (QED) is 0.473. The van der Waals surface area contributed by atoms with Gasteiger partial charge in [0.05, 0.1) is 18.6 Å². The van der Waals surface area contributed by atoms with Crippen LogP contribution in [0.1, 0.15) is 36.1 Å². The van der Waals surface area contributed by atoms with Gasteiger partial charge in [0.1, 0.15) is 5.75 Å². The van der Waals surface area contributed by atoms with Crippen LogP contribution >= 0.6 is 0 Å². The normalized spacial score (nSPS) is 19.2. The van der Waals surface area contributed by atoms with Crippen molar-refractivity contribution < 1.29 is 24.2 Å². The first-order chi connectivity index (χ1) is 16.8. The summed E-state index contributed by atoms with van der Waals surface area (Å²) in [5.41, 5.74) is 1.43. The molecule has 7 nitrogen and oxygen atoms in total. The van der Waals surface area contributed by atoms with Crippen molar-refractivity contribution in [3.63, 3.8) is 0 Å². The van der Waals surface area contributed by atoms with E-state index >= 15 is 0 Å². The molecule has 0 radical (unpaired) electrons. The maximum absolute atomic E-state index is 13.3. The molecule has 0 aromatic heterocycles. The van der Waals surface area contributed by atoms with Crippen LogP contribution in [0.4, 0.5) is 4.79 Å². The summed E-state index contributed by atoms with van der Waals surface area (Å²) in [6.07, 6.45) is 0.807. The Bertz CT molecular complexity index is 1160. The zero-order chi connectivity index (χ0) is 25.0. The van der Waals surface area contributed by atoms with E-state index in [1.165, 1.54) is 0 Å². The van der Waals surface area contributed by atoms with Crippen LogP contribution in [-0.4, -0.2) is 41.1 Å². The molecule has 1 aliphatic heterocycles. The number of likely N-dealkylation sites (tertiary alicyclic amines) is 1. The van der Waals surface area contributed by atoms with Gasteiger partial charge in [-0.15, -0.1) is 0 Å². The average Bonchev–Trinajstić information content (AvgIpc) is 2.89. The van der Waals surface area contributed by atoms with Gasteiger partial charge in [-0.2, -0.15) is 0 Å². The van der Waals surface area contributed by atoms with Crippen LogP contribution in [-0.2, 0) is 16.0 Å². The third-order valence-electron chi connectivity index (χ3n) is 6.65. The second-order valence-electron chi connectivity index (χ2n) is 8.89. The van der Waals surface area contributed by atoms with Crippen LogP contribution < -0.4 is 10.1 Å². The van der Waals surface area contributed by atoms with Gasteiger partial charge in [-0.3, -0.25) is 4.79 Å². The molecular formula is C28H28N2O5. The lowest BCUT2D eigenvalue weighted by molar-refractivity contribution is -0.177. The van der Waals surface area contributed by atoms with Crippen molar-refractivity contribution in [3.8, 4) is 5.75 Å². The summed E-state index contributed by atoms with van der Waals surface area (Å²) in [6.45, 7) is 1.62. The molecule has 1 heterocycles. The number of rotatable bonds is 8. The molecule has 1 aliphatic rings. The largest absolute Gasteiger partial charge is 0.497 e. The van der Waals surface area contributed by atoms with Crippen molar-refractivity contribution in [2.24, 2.45) is 5.41 Å². The smallest absolute Gasteiger partial charge is 0.328 e. The van der Waals surface area contributed by atoms with E-state index < -0.39 is 35.4 Å². The average molecular weight is 473 g/mol. The minimum atomic E-state index is -1.25. The number of aryl methyl sites for hydroxylation is 1. The van der Waals surface area contributed by atoms with E-state index in [0.717, 1.165) is 27.3 Å². The first kappa shape index (κ1) is 24.0. The summed E-state index contributed by atoms with van der Waals surface area (Å²) in [7, 11) is 1.58. The highest BCUT2D eigenvalue weighted by Crippen LogP contribution is 2.43. The molecule has 7 heteroatoms. The molecule has 0 spiro atoms. The number of imide groups is 1. The molecule has 2 atom stereocenters. The molecule has 180 valence electrons. The molecular weight excluding hydrogens is 444 g/mol. The number of nitrogens with one attached hydrogen (secondary N) is 1. The zero-order valence-electron chi connectivity index (χ0n) is 19.7. The monoisotopic (exact) mass is 472 g/mol. The summed E-state index contributed by atoms with van der Waals surface area (Å²) in [4.78, 5) is 39.5. The third-order valence-corrected chi connectivity index (χ3v) is 6.65. The number of carbonyl (C=O) groups is 3. The second-order valence-corrected chi connectivity index (χ2v) is 8.89. The molecule has 2 N–H and O–H groups in total. The molecule has 1 fully saturated rings. The first-order valence-electron chi connectivity index (χ1n) is 11.4. The van der Waals surface area contributed by atoms with Gasteiger partial charge in [0.15, 0.2) is 6.04 Å². The van der Waals surface area contributed by atoms with Crippen molar-refractivity contribution in [2.45, 2.75) is 31.8 Å². The highest BCUT2D eigenvalue weighted by atomic mass is 16.5. The van der Waals surface area contributed by atoms with Gasteiger partial charge < -0.3 is 15.2 Å². The Morgan fingerprint density at radius 2 is 1.51 bits per heavy atom. The minimum Gasteiger partial charge on any atom is -0.497 e. The fourth-order valence-electron chi connectivity index (χ4n) is 4.60. The Morgan fingerprint density at radius 1 is 0.971 bits per heavy atom. The molecule has 0 bridgehead atoms. The van der Waals surface area contributed by atoms with Gasteiger partial charge in [0.25, 0.3) is 0 Å². The number of ether oxygens (including phenoxy) is 1. The first-order valence-corrected chi connectivity index (χ1v) is 11.4. The lowest BCUT2D eigenvalue weighted by Gasteiger charge is -2.51. The van der Waals surface area contributed by atoms with Gasteiger partial charge in [0.2, 0.25) is 5.91 Å². The van der Waals surface area contributed by atoms with Crippen molar-refractivity contribution >= 4 is 17.9 Å². The number of aliphatic carboxylic acids is 1. The molecule has 1 saturated heterocycles. The number of hydrogen-bond acceptors (Lipinski definition) is 4. The number of amides is 3. The summed E-state index contributed by atoms with van der Waals surface area (Å²) >= 11 is 0. The predicted molar refractivity (Wildman–Crippen MR) is 131 cm³/mol. The molecule has 0 saturated carbocycles. The molecule has 4 rings (SSSR count). The third kappa shape index (κ3) is 4.75. The summed E-state index contributed by atoms with van der Waals surface area (Å²) in [5.74, 6) is -0.971. The lowest BCUT2D eigenvalue weighted by atomic mass is 9.68. The van der Waals surface area contributed by atoms with Crippen LogP contribution in [0.15, 0.2) is 84.9 Å². The minimum absolute atomic E-state index is 0.305. The fraction of sp³-hybridized carbons (Fsp3) is 0.250. The number of carboxylic acid groups (broad SMARTS) is 1. The summed E-state index contributed by atoms with van der Waals surface area (Å²) in [5, 5.41) is 12.8. The van der Waals surface area contributed by atoms with E-state index in [2.05, 4.69) is 5.32 Å². The Morgan fingerprint density at radius 3 is 2.00 bits per heavy atom. The highest BCUT2D eigenvalue weighted by Gasteiger charge is 2.63. The summed E-state index contributed by atoms with van der Waals surface area (Å²) < 4.78 is 5.17. The maximum Gasteiger partial charge on any atom is 0.328 e. The molecule has 3 aromatic rings. The number of methoxy groups -OCH3 is 1. The van der Waals surface area contributed by atoms with Crippen LogP contribution in [0.2, 0.25) is 0 Å². The Labute approximate surface area is 204 Å². The number of hydrogen-bond donors (Lipinski definition) is 2. The molecule has 1 unspecified atom stereocenters. The zero-order valence-corrected chi connectivity index (χ0v) is 19.7. The number of carbonyl (C=O) groups excluding carboxylic acids is 2. The second kappa shape index (κ2) is 10.0. The SMILES string of the molecule is COc1ccc(CC[C@@]2(C)C(=O)N(C(=O)NC(c3ccccc3)c3ccccc3)C2C(=O)O)cc1.